The molecule has 0 saturated carbocycles. The van der Waals surface area contributed by atoms with Gasteiger partial charge in [-0.25, -0.2) is 8.42 Å². The van der Waals surface area contributed by atoms with Gasteiger partial charge in [0.05, 0.1) is 23.1 Å². The van der Waals surface area contributed by atoms with Crippen molar-refractivity contribution in [1.82, 2.24) is 4.37 Å². The van der Waals surface area contributed by atoms with Crippen molar-refractivity contribution in [1.29, 1.82) is 0 Å². The van der Waals surface area contributed by atoms with E-state index in [4.69, 9.17) is 4.74 Å². The Balaban J connectivity index is 1.99. The summed E-state index contributed by atoms with van der Waals surface area (Å²) in [6, 6.07) is 0. The molecule has 0 N–H and O–H groups in total. The van der Waals surface area contributed by atoms with Crippen LogP contribution in [0.15, 0.2) is 11.6 Å². The Kier molecular flexibility index (Phi) is 2.73. The zero-order chi connectivity index (χ0) is 10.0. The smallest absolute Gasteiger partial charge is 0.153 e. The first kappa shape index (κ1) is 9.92. The number of hydrogen-bond donors (Lipinski definition) is 0. The van der Waals surface area contributed by atoms with Crippen molar-refractivity contribution in [2.24, 2.45) is 0 Å². The number of rotatable bonds is 2. The van der Waals surface area contributed by atoms with Gasteiger partial charge in [0.25, 0.3) is 0 Å². The van der Waals surface area contributed by atoms with Gasteiger partial charge < -0.3 is 4.74 Å². The van der Waals surface area contributed by atoms with Crippen molar-refractivity contribution in [3.05, 3.63) is 11.6 Å². The molecule has 1 fully saturated rings. The van der Waals surface area contributed by atoms with Crippen LogP contribution in [-0.2, 0) is 9.84 Å². The summed E-state index contributed by atoms with van der Waals surface area (Å²) in [5, 5.41) is 1.78. The summed E-state index contributed by atoms with van der Waals surface area (Å²) in [6.45, 7) is 0. The second kappa shape index (κ2) is 3.86. The lowest BCUT2D eigenvalue weighted by atomic mass is 10.2. The second-order valence-corrected chi connectivity index (χ2v) is 6.24. The third-order valence-corrected chi connectivity index (χ3v) is 4.49. The Morgan fingerprint density at radius 2 is 2.43 bits per heavy atom. The molecule has 2 heterocycles. The summed E-state index contributed by atoms with van der Waals surface area (Å²) in [5.74, 6) is 1.12. The van der Waals surface area contributed by atoms with Gasteiger partial charge in [0.1, 0.15) is 11.9 Å². The largest absolute Gasteiger partial charge is 0.487 e. The first-order valence-corrected chi connectivity index (χ1v) is 7.08. The molecule has 0 aromatic carbocycles. The lowest BCUT2D eigenvalue weighted by molar-refractivity contribution is 0.208. The molecule has 0 radical (unpaired) electrons. The molecule has 1 aliphatic rings. The minimum atomic E-state index is -2.88. The summed E-state index contributed by atoms with van der Waals surface area (Å²) in [4.78, 5) is 0. The maximum atomic E-state index is 11.3. The number of ether oxygens (including phenoxy) is 1. The molecule has 4 nitrogen and oxygen atoms in total. The van der Waals surface area contributed by atoms with E-state index in [0.717, 1.165) is 6.42 Å². The molecule has 1 unspecified atom stereocenters. The quantitative estimate of drug-likeness (QED) is 0.767. The summed E-state index contributed by atoms with van der Waals surface area (Å²) in [5.41, 5.74) is 0. The molecule has 0 bridgehead atoms. The van der Waals surface area contributed by atoms with Gasteiger partial charge >= 0.3 is 0 Å². The zero-order valence-corrected chi connectivity index (χ0v) is 9.18. The number of nitrogens with zero attached hydrogens (tertiary/aromatic N) is 1. The summed E-state index contributed by atoms with van der Waals surface area (Å²) in [7, 11) is -2.88. The van der Waals surface area contributed by atoms with Crippen LogP contribution in [0.1, 0.15) is 12.8 Å². The van der Waals surface area contributed by atoms with Crippen molar-refractivity contribution < 1.29 is 13.2 Å². The Morgan fingerprint density at radius 1 is 1.57 bits per heavy atom. The van der Waals surface area contributed by atoms with E-state index in [9.17, 15) is 8.42 Å². The van der Waals surface area contributed by atoms with Crippen molar-refractivity contribution in [2.45, 2.75) is 18.9 Å². The number of hydrogen-bond acceptors (Lipinski definition) is 5. The van der Waals surface area contributed by atoms with Gasteiger partial charge in [-0.1, -0.05) is 0 Å². The van der Waals surface area contributed by atoms with Gasteiger partial charge in [0.2, 0.25) is 0 Å². The molecule has 1 aromatic rings. The summed E-state index contributed by atoms with van der Waals surface area (Å²) in [6.07, 6.45) is 2.94. The van der Waals surface area contributed by atoms with Crippen LogP contribution in [0.25, 0.3) is 0 Å². The molecule has 14 heavy (non-hydrogen) atoms. The molecule has 1 saturated heterocycles. The molecule has 2 rings (SSSR count). The van der Waals surface area contributed by atoms with E-state index < -0.39 is 9.84 Å². The average molecular weight is 233 g/mol. The van der Waals surface area contributed by atoms with Crippen molar-refractivity contribution >= 4 is 21.4 Å². The van der Waals surface area contributed by atoms with Crippen LogP contribution in [-0.4, -0.2) is 30.4 Å². The molecule has 0 spiro atoms. The van der Waals surface area contributed by atoms with E-state index in [2.05, 4.69) is 4.37 Å². The summed E-state index contributed by atoms with van der Waals surface area (Å²) >= 11 is 1.30. The van der Waals surface area contributed by atoms with Crippen LogP contribution < -0.4 is 4.74 Å². The van der Waals surface area contributed by atoms with E-state index in [1.165, 1.54) is 11.5 Å². The lowest BCUT2D eigenvalue weighted by Gasteiger charge is -2.22. The minimum Gasteiger partial charge on any atom is -0.487 e. The van der Waals surface area contributed by atoms with Crippen LogP contribution >= 0.6 is 11.5 Å². The van der Waals surface area contributed by atoms with Crippen molar-refractivity contribution in [2.75, 3.05) is 11.5 Å². The van der Waals surface area contributed by atoms with E-state index in [1.807, 2.05) is 0 Å². The summed E-state index contributed by atoms with van der Waals surface area (Å²) < 4.78 is 32.0. The fraction of sp³-hybridized carbons (Fsp3) is 0.625. The van der Waals surface area contributed by atoms with Gasteiger partial charge in [0.15, 0.2) is 9.84 Å². The molecule has 0 aliphatic carbocycles. The van der Waals surface area contributed by atoms with E-state index >= 15 is 0 Å². The molecule has 1 atom stereocenters. The Morgan fingerprint density at radius 3 is 3.07 bits per heavy atom. The standard InChI is InChI=1S/C8H11NO3S2/c10-14(11)3-1-2-7(6-14)12-8-4-9-13-5-8/h4-5,7H,1-3,6H2. The van der Waals surface area contributed by atoms with Gasteiger partial charge in [-0.05, 0) is 24.4 Å². The van der Waals surface area contributed by atoms with E-state index in [0.29, 0.717) is 17.9 Å². The molecular formula is C8H11NO3S2. The second-order valence-electron chi connectivity index (χ2n) is 3.36. The van der Waals surface area contributed by atoms with Crippen LogP contribution in [0, 0.1) is 0 Å². The van der Waals surface area contributed by atoms with Gasteiger partial charge in [-0.2, -0.15) is 4.37 Å². The van der Waals surface area contributed by atoms with Crippen molar-refractivity contribution in [3.63, 3.8) is 0 Å². The molecular weight excluding hydrogens is 222 g/mol. The fourth-order valence-electron chi connectivity index (χ4n) is 1.52. The van der Waals surface area contributed by atoms with Crippen LogP contribution in [0.3, 0.4) is 0 Å². The molecule has 78 valence electrons. The van der Waals surface area contributed by atoms with E-state index in [-0.39, 0.29) is 11.9 Å². The highest BCUT2D eigenvalue weighted by molar-refractivity contribution is 7.91. The predicted octanol–water partition coefficient (Wildman–Crippen LogP) is 1.10. The topological polar surface area (TPSA) is 56.3 Å². The molecule has 0 amide bonds. The van der Waals surface area contributed by atoms with Gasteiger partial charge in [0, 0.05) is 0 Å². The van der Waals surface area contributed by atoms with Crippen LogP contribution in [0.2, 0.25) is 0 Å². The minimum absolute atomic E-state index is 0.142. The highest BCUT2D eigenvalue weighted by Gasteiger charge is 2.26. The highest BCUT2D eigenvalue weighted by Crippen LogP contribution is 2.20. The number of sulfone groups is 1. The normalized spacial score (nSPS) is 25.9. The Labute approximate surface area is 87.0 Å². The van der Waals surface area contributed by atoms with Gasteiger partial charge in [-0.15, -0.1) is 0 Å². The highest BCUT2D eigenvalue weighted by atomic mass is 32.2. The zero-order valence-electron chi connectivity index (χ0n) is 7.55. The average Bonchev–Trinajstić information content (AvgIpc) is 2.54. The first-order chi connectivity index (χ1) is 6.66. The van der Waals surface area contributed by atoms with Gasteiger partial charge in [-0.3, -0.25) is 0 Å². The molecule has 6 heteroatoms. The molecule has 1 aromatic heterocycles. The first-order valence-electron chi connectivity index (χ1n) is 4.42. The Bertz CT molecular complexity index is 385. The van der Waals surface area contributed by atoms with Crippen LogP contribution in [0.5, 0.6) is 5.75 Å². The maximum Gasteiger partial charge on any atom is 0.153 e. The van der Waals surface area contributed by atoms with Crippen molar-refractivity contribution in [3.8, 4) is 5.75 Å². The molecule has 1 aliphatic heterocycles. The lowest BCUT2D eigenvalue weighted by Crippen LogP contribution is -2.33. The maximum absolute atomic E-state index is 11.3. The third kappa shape index (κ3) is 2.45. The Hall–Kier alpha value is -0.620. The SMILES string of the molecule is O=S1(=O)CCCC(Oc2cnsc2)C1. The predicted molar refractivity (Wildman–Crippen MR) is 54.4 cm³/mol. The van der Waals surface area contributed by atoms with E-state index in [1.54, 1.807) is 11.6 Å². The van der Waals surface area contributed by atoms with Crippen LogP contribution in [0.4, 0.5) is 0 Å². The number of aromatic nitrogens is 1. The fourth-order valence-corrected chi connectivity index (χ4v) is 3.54. The monoisotopic (exact) mass is 233 g/mol. The third-order valence-electron chi connectivity index (χ3n) is 2.13.